The highest BCUT2D eigenvalue weighted by atomic mass is 16.5. The minimum Gasteiger partial charge on any atom is -0.484 e. The molecule has 2 amide bonds. The van der Waals surface area contributed by atoms with Crippen LogP contribution in [0.3, 0.4) is 0 Å². The summed E-state index contributed by atoms with van der Waals surface area (Å²) in [5.74, 6) is 0.599. The van der Waals surface area contributed by atoms with Crippen molar-refractivity contribution in [3.8, 4) is 0 Å². The number of ether oxygens (including phenoxy) is 1. The fourth-order valence-electron chi connectivity index (χ4n) is 4.68. The molecule has 0 saturated carbocycles. The Morgan fingerprint density at radius 3 is 2.61 bits per heavy atom. The highest BCUT2D eigenvalue weighted by Gasteiger charge is 2.39. The number of aliphatic hydroxyl groups is 1. The van der Waals surface area contributed by atoms with Crippen molar-refractivity contribution in [2.24, 2.45) is 0 Å². The number of benzene rings is 1. The molecule has 2 aliphatic heterocycles. The smallest absolute Gasteiger partial charge is 0.309 e. The van der Waals surface area contributed by atoms with E-state index in [0.29, 0.717) is 49.7 Å². The highest BCUT2D eigenvalue weighted by Crippen LogP contribution is 2.26. The van der Waals surface area contributed by atoms with Crippen molar-refractivity contribution >= 4 is 23.4 Å². The maximum atomic E-state index is 13.6. The summed E-state index contributed by atoms with van der Waals surface area (Å²) in [7, 11) is 0. The fourth-order valence-corrected chi connectivity index (χ4v) is 4.68. The maximum absolute atomic E-state index is 13.6. The van der Waals surface area contributed by atoms with Crippen LogP contribution in [0.2, 0.25) is 0 Å². The van der Waals surface area contributed by atoms with Crippen molar-refractivity contribution in [1.29, 1.82) is 0 Å². The van der Waals surface area contributed by atoms with Crippen LogP contribution in [0.4, 0.5) is 5.82 Å². The molecule has 0 aliphatic carbocycles. The summed E-state index contributed by atoms with van der Waals surface area (Å²) < 4.78 is 7.63. The summed E-state index contributed by atoms with van der Waals surface area (Å²) in [6.07, 6.45) is 0.915. The van der Waals surface area contributed by atoms with Crippen LogP contribution in [0, 0.1) is 13.8 Å². The van der Waals surface area contributed by atoms with E-state index in [-0.39, 0.29) is 41.0 Å². The number of carbonyl (C=O) groups excluding carboxylic acids is 2. The first-order valence-corrected chi connectivity index (χ1v) is 12.3. The molecule has 1 saturated heterocycles. The van der Waals surface area contributed by atoms with E-state index in [1.807, 2.05) is 45.0 Å². The Morgan fingerprint density at radius 2 is 1.97 bits per heavy atom. The molecular formula is C26H34N5O5+. The van der Waals surface area contributed by atoms with Gasteiger partial charge in [0.1, 0.15) is 12.4 Å². The van der Waals surface area contributed by atoms with Crippen LogP contribution in [0.25, 0.3) is 5.76 Å². The van der Waals surface area contributed by atoms with E-state index >= 15 is 0 Å². The van der Waals surface area contributed by atoms with Crippen molar-refractivity contribution < 1.29 is 24.7 Å². The molecule has 0 bridgehead atoms. The van der Waals surface area contributed by atoms with Gasteiger partial charge in [0, 0.05) is 19.1 Å². The Bertz CT molecular complexity index is 1260. The van der Waals surface area contributed by atoms with Crippen molar-refractivity contribution in [3.63, 3.8) is 0 Å². The van der Waals surface area contributed by atoms with Gasteiger partial charge < -0.3 is 20.1 Å². The number of fused-ring (bicyclic) bond motifs is 1. The summed E-state index contributed by atoms with van der Waals surface area (Å²) in [6.45, 7) is 8.28. The van der Waals surface area contributed by atoms with Crippen molar-refractivity contribution in [2.75, 3.05) is 19.7 Å². The summed E-state index contributed by atoms with van der Waals surface area (Å²) in [4.78, 5) is 44.9. The van der Waals surface area contributed by atoms with Gasteiger partial charge in [0.15, 0.2) is 5.56 Å². The standard InChI is InChI=1S/C26H33N5O5/c1-15(2)36-23-21-24(27-17(4)31(26(21)35)13-18-7-5-6-16(3)12-18)29-22(23)25(34)28-19-8-10-30(11-9-19)20(33)14-32/h5-7,12,15,19,29,32H,8-11,13-14H2,1-4H3,(H,28,34)/p+1. The van der Waals surface area contributed by atoms with E-state index in [1.165, 1.54) is 0 Å². The Hall–Kier alpha value is -3.50. The molecule has 4 N–H and O–H groups in total. The number of piperidine rings is 1. The van der Waals surface area contributed by atoms with E-state index in [0.717, 1.165) is 11.1 Å². The molecule has 36 heavy (non-hydrogen) atoms. The van der Waals surface area contributed by atoms with Crippen LogP contribution < -0.4 is 16.2 Å². The molecule has 4 rings (SSSR count). The van der Waals surface area contributed by atoms with Crippen LogP contribution in [0.15, 0.2) is 34.8 Å². The summed E-state index contributed by atoms with van der Waals surface area (Å²) in [5.41, 5.74) is 2.43. The van der Waals surface area contributed by atoms with Crippen molar-refractivity contribution in [2.45, 2.75) is 59.2 Å². The molecule has 0 unspecified atom stereocenters. The molecule has 3 heterocycles. The lowest BCUT2D eigenvalue weighted by Crippen LogP contribution is -2.78. The van der Waals surface area contributed by atoms with E-state index in [2.05, 4.69) is 10.3 Å². The molecule has 10 heteroatoms. The summed E-state index contributed by atoms with van der Waals surface area (Å²) in [6, 6.07) is 7.84. The predicted octanol–water partition coefficient (Wildman–Crippen LogP) is 0.310. The largest absolute Gasteiger partial charge is 0.484 e. The van der Waals surface area contributed by atoms with Gasteiger partial charge in [-0.15, -0.1) is 0 Å². The number of carbonyl (C=O) groups is 2. The topological polar surface area (TPSA) is 130 Å². The Balaban J connectivity index is 1.61. The zero-order valence-electron chi connectivity index (χ0n) is 21.2. The zero-order chi connectivity index (χ0) is 26.0. The second-order valence-corrected chi connectivity index (χ2v) is 9.64. The third-order valence-corrected chi connectivity index (χ3v) is 6.48. The van der Waals surface area contributed by atoms with Gasteiger partial charge in [0.05, 0.1) is 12.6 Å². The zero-order valence-corrected chi connectivity index (χ0v) is 21.2. The second-order valence-electron chi connectivity index (χ2n) is 9.64. The summed E-state index contributed by atoms with van der Waals surface area (Å²) in [5, 5.41) is 13.7. The molecule has 1 aromatic heterocycles. The second kappa shape index (κ2) is 10.6. The molecule has 192 valence electrons. The predicted molar refractivity (Wildman–Crippen MR) is 133 cm³/mol. The number of rotatable bonds is 7. The molecule has 1 fully saturated rings. The molecule has 0 radical (unpaired) electrons. The van der Waals surface area contributed by atoms with Gasteiger partial charge >= 0.3 is 5.91 Å². The number of quaternary nitrogens is 1. The maximum Gasteiger partial charge on any atom is 0.309 e. The summed E-state index contributed by atoms with van der Waals surface area (Å²) >= 11 is 0. The number of nitrogens with one attached hydrogen (secondary N) is 1. The SMILES string of the molecule is Cc1cccc(Cn2c(C)nc3c(c2=O)C(OC(C)C)=C(C(=O)NC2CCN(C(=O)CO)CC2)[NH2+]3)c1. The minimum atomic E-state index is -0.513. The van der Waals surface area contributed by atoms with Gasteiger partial charge in [-0.3, -0.25) is 24.3 Å². The number of likely N-dealkylation sites (tertiary alicyclic amines) is 1. The molecule has 2 aliphatic rings. The molecule has 0 spiro atoms. The Morgan fingerprint density at radius 1 is 1.25 bits per heavy atom. The Kier molecular flexibility index (Phi) is 7.56. The number of aromatic nitrogens is 2. The molecule has 10 nitrogen and oxygen atoms in total. The quantitative estimate of drug-likeness (QED) is 0.506. The third-order valence-electron chi connectivity index (χ3n) is 6.48. The number of hydrogen-bond acceptors (Lipinski definition) is 6. The van der Waals surface area contributed by atoms with Gasteiger partial charge in [0.25, 0.3) is 5.56 Å². The number of nitrogens with zero attached hydrogens (tertiary/aromatic N) is 3. The molecule has 1 aromatic carbocycles. The van der Waals surface area contributed by atoms with Gasteiger partial charge in [-0.1, -0.05) is 29.8 Å². The lowest BCUT2D eigenvalue weighted by Gasteiger charge is -2.31. The van der Waals surface area contributed by atoms with E-state index in [9.17, 15) is 14.4 Å². The lowest BCUT2D eigenvalue weighted by atomic mass is 10.0. The lowest BCUT2D eigenvalue weighted by molar-refractivity contribution is -0.511. The van der Waals surface area contributed by atoms with E-state index < -0.39 is 6.61 Å². The molecular weight excluding hydrogens is 462 g/mol. The van der Waals surface area contributed by atoms with E-state index in [4.69, 9.17) is 9.84 Å². The fraction of sp³-hybridized carbons (Fsp3) is 0.462. The molecule has 2 aromatic rings. The number of amides is 2. The van der Waals surface area contributed by atoms with Crippen molar-refractivity contribution in [1.82, 2.24) is 19.8 Å². The Labute approximate surface area is 210 Å². The number of aryl methyl sites for hydroxylation is 2. The van der Waals surface area contributed by atoms with Crippen LogP contribution in [0.1, 0.15) is 49.2 Å². The minimum absolute atomic E-state index is 0.127. The van der Waals surface area contributed by atoms with Crippen molar-refractivity contribution in [3.05, 3.63) is 62.8 Å². The first kappa shape index (κ1) is 25.6. The van der Waals surface area contributed by atoms with Crippen LogP contribution in [-0.2, 0) is 20.9 Å². The highest BCUT2D eigenvalue weighted by molar-refractivity contribution is 5.99. The number of hydrogen-bond donors (Lipinski definition) is 3. The van der Waals surface area contributed by atoms with Gasteiger partial charge in [0.2, 0.25) is 23.2 Å². The first-order chi connectivity index (χ1) is 17.2. The van der Waals surface area contributed by atoms with Crippen LogP contribution >= 0.6 is 0 Å². The molecule has 0 atom stereocenters. The van der Waals surface area contributed by atoms with Gasteiger partial charge in [-0.2, -0.15) is 4.98 Å². The average Bonchev–Trinajstić information content (AvgIpc) is 3.19. The first-order valence-electron chi connectivity index (χ1n) is 12.3. The number of nitrogens with two attached hydrogens (primary N) is 1. The van der Waals surface area contributed by atoms with Crippen LogP contribution in [0.5, 0.6) is 0 Å². The monoisotopic (exact) mass is 496 g/mol. The van der Waals surface area contributed by atoms with Gasteiger partial charge in [-0.05, 0) is 46.1 Å². The average molecular weight is 497 g/mol. The number of aliphatic hydroxyl groups excluding tert-OH is 1. The van der Waals surface area contributed by atoms with E-state index in [1.54, 1.807) is 21.7 Å². The third kappa shape index (κ3) is 5.34. The van der Waals surface area contributed by atoms with Crippen LogP contribution in [-0.4, -0.2) is 63.2 Å². The van der Waals surface area contributed by atoms with Gasteiger partial charge in [-0.25, -0.2) is 0 Å². The normalized spacial score (nSPS) is 15.9.